The number of aliphatic hydroxyl groups excluding tert-OH is 1. The van der Waals surface area contributed by atoms with E-state index in [1.54, 1.807) is 12.4 Å². The van der Waals surface area contributed by atoms with Gasteiger partial charge in [0.25, 0.3) is 0 Å². The van der Waals surface area contributed by atoms with Crippen LogP contribution in [0.1, 0.15) is 11.6 Å². The monoisotopic (exact) mass is 166 g/mol. The van der Waals surface area contributed by atoms with E-state index in [1.807, 2.05) is 31.1 Å². The summed E-state index contributed by atoms with van der Waals surface area (Å²) in [4.78, 5) is 5.90. The molecule has 0 aliphatic heterocycles. The SMILES string of the molecule is CN(C)C(CO)c1ccncc1. The zero-order chi connectivity index (χ0) is 8.97. The molecule has 1 aromatic rings. The molecule has 0 bridgehead atoms. The van der Waals surface area contributed by atoms with Crippen molar-refractivity contribution in [1.82, 2.24) is 9.88 Å². The molecule has 1 aromatic heterocycles. The Balaban J connectivity index is 2.80. The van der Waals surface area contributed by atoms with Crippen LogP contribution in [0, 0.1) is 0 Å². The van der Waals surface area contributed by atoms with Crippen LogP contribution < -0.4 is 0 Å². The first-order valence-electron chi connectivity index (χ1n) is 3.93. The van der Waals surface area contributed by atoms with Crippen LogP contribution in [-0.2, 0) is 0 Å². The number of pyridine rings is 1. The van der Waals surface area contributed by atoms with Crippen LogP contribution in [0.3, 0.4) is 0 Å². The summed E-state index contributed by atoms with van der Waals surface area (Å²) in [5.41, 5.74) is 1.09. The van der Waals surface area contributed by atoms with Gasteiger partial charge >= 0.3 is 0 Å². The van der Waals surface area contributed by atoms with Gasteiger partial charge in [-0.15, -0.1) is 0 Å². The van der Waals surface area contributed by atoms with E-state index in [-0.39, 0.29) is 12.6 Å². The maximum Gasteiger partial charge on any atom is 0.0628 e. The van der Waals surface area contributed by atoms with Crippen LogP contribution in [-0.4, -0.2) is 35.7 Å². The highest BCUT2D eigenvalue weighted by atomic mass is 16.3. The average Bonchev–Trinajstić information content (AvgIpc) is 2.07. The van der Waals surface area contributed by atoms with E-state index in [0.717, 1.165) is 5.56 Å². The first-order chi connectivity index (χ1) is 5.75. The third-order valence-electron chi connectivity index (χ3n) is 1.89. The number of aromatic nitrogens is 1. The molecule has 0 fully saturated rings. The van der Waals surface area contributed by atoms with E-state index in [9.17, 15) is 0 Å². The van der Waals surface area contributed by atoms with Crippen LogP contribution in [0.5, 0.6) is 0 Å². The van der Waals surface area contributed by atoms with Crippen molar-refractivity contribution in [3.8, 4) is 0 Å². The number of likely N-dealkylation sites (N-methyl/N-ethyl adjacent to an activating group) is 1. The standard InChI is InChI=1S/C9H14N2O/c1-11(2)9(7-12)8-3-5-10-6-4-8/h3-6,9,12H,7H2,1-2H3. The second-order valence-corrected chi connectivity index (χ2v) is 2.94. The van der Waals surface area contributed by atoms with Gasteiger partial charge in [0.05, 0.1) is 12.6 Å². The minimum Gasteiger partial charge on any atom is -0.394 e. The van der Waals surface area contributed by atoms with Crippen molar-refractivity contribution in [2.24, 2.45) is 0 Å². The molecule has 0 radical (unpaired) electrons. The van der Waals surface area contributed by atoms with Gasteiger partial charge in [-0.1, -0.05) is 0 Å². The number of nitrogens with zero attached hydrogens (tertiary/aromatic N) is 2. The van der Waals surface area contributed by atoms with Crippen molar-refractivity contribution in [1.29, 1.82) is 0 Å². The molecule has 1 atom stereocenters. The summed E-state index contributed by atoms with van der Waals surface area (Å²) in [5.74, 6) is 0. The predicted octanol–water partition coefficient (Wildman–Crippen LogP) is 0.677. The molecular formula is C9H14N2O. The summed E-state index contributed by atoms with van der Waals surface area (Å²) in [6, 6.07) is 3.91. The minimum atomic E-state index is 0.0769. The Bertz CT molecular complexity index is 223. The lowest BCUT2D eigenvalue weighted by Crippen LogP contribution is -2.22. The molecule has 0 saturated carbocycles. The second-order valence-electron chi connectivity index (χ2n) is 2.94. The summed E-state index contributed by atoms with van der Waals surface area (Å²) >= 11 is 0. The van der Waals surface area contributed by atoms with E-state index in [1.165, 1.54) is 0 Å². The van der Waals surface area contributed by atoms with Gasteiger partial charge in [0.2, 0.25) is 0 Å². The Hall–Kier alpha value is -0.930. The summed E-state index contributed by atoms with van der Waals surface area (Å²) < 4.78 is 0. The van der Waals surface area contributed by atoms with Crippen LogP contribution in [0.15, 0.2) is 24.5 Å². The lowest BCUT2D eigenvalue weighted by atomic mass is 10.1. The smallest absolute Gasteiger partial charge is 0.0628 e. The summed E-state index contributed by atoms with van der Waals surface area (Å²) in [7, 11) is 3.89. The highest BCUT2D eigenvalue weighted by Gasteiger charge is 2.11. The minimum absolute atomic E-state index is 0.0769. The number of rotatable bonds is 3. The Morgan fingerprint density at radius 1 is 1.42 bits per heavy atom. The molecular weight excluding hydrogens is 152 g/mol. The van der Waals surface area contributed by atoms with E-state index in [0.29, 0.717) is 0 Å². The maximum absolute atomic E-state index is 9.09. The molecule has 0 saturated heterocycles. The van der Waals surface area contributed by atoms with Gasteiger partial charge in [-0.2, -0.15) is 0 Å². The molecule has 1 heterocycles. The highest BCUT2D eigenvalue weighted by Crippen LogP contribution is 2.15. The largest absolute Gasteiger partial charge is 0.394 e. The predicted molar refractivity (Wildman–Crippen MR) is 47.8 cm³/mol. The molecule has 3 nitrogen and oxygen atoms in total. The molecule has 1 unspecified atom stereocenters. The van der Waals surface area contributed by atoms with Crippen molar-refractivity contribution in [2.75, 3.05) is 20.7 Å². The fraction of sp³-hybridized carbons (Fsp3) is 0.444. The fourth-order valence-corrected chi connectivity index (χ4v) is 1.15. The van der Waals surface area contributed by atoms with Gasteiger partial charge in [0.1, 0.15) is 0 Å². The maximum atomic E-state index is 9.09. The average molecular weight is 166 g/mol. The Morgan fingerprint density at radius 2 is 2.00 bits per heavy atom. The molecule has 3 heteroatoms. The van der Waals surface area contributed by atoms with Crippen LogP contribution in [0.4, 0.5) is 0 Å². The Morgan fingerprint density at radius 3 is 2.42 bits per heavy atom. The second kappa shape index (κ2) is 4.18. The molecule has 0 aliphatic rings. The normalized spacial score (nSPS) is 13.3. The Kier molecular flexibility index (Phi) is 3.19. The van der Waals surface area contributed by atoms with Gasteiger partial charge in [0.15, 0.2) is 0 Å². The van der Waals surface area contributed by atoms with Gasteiger partial charge in [-0.3, -0.25) is 4.98 Å². The fourth-order valence-electron chi connectivity index (χ4n) is 1.15. The lowest BCUT2D eigenvalue weighted by molar-refractivity contribution is 0.171. The summed E-state index contributed by atoms with van der Waals surface area (Å²) in [5, 5.41) is 9.09. The third kappa shape index (κ3) is 2.03. The number of hydrogen-bond donors (Lipinski definition) is 1. The number of aliphatic hydroxyl groups is 1. The first kappa shape index (κ1) is 9.16. The zero-order valence-electron chi connectivity index (χ0n) is 7.44. The molecule has 12 heavy (non-hydrogen) atoms. The van der Waals surface area contributed by atoms with Crippen molar-refractivity contribution in [3.05, 3.63) is 30.1 Å². The highest BCUT2D eigenvalue weighted by molar-refractivity contribution is 5.14. The van der Waals surface area contributed by atoms with Crippen LogP contribution >= 0.6 is 0 Å². The number of hydrogen-bond acceptors (Lipinski definition) is 3. The van der Waals surface area contributed by atoms with Crippen molar-refractivity contribution < 1.29 is 5.11 Å². The van der Waals surface area contributed by atoms with E-state index < -0.39 is 0 Å². The van der Waals surface area contributed by atoms with Crippen LogP contribution in [0.25, 0.3) is 0 Å². The summed E-state index contributed by atoms with van der Waals surface area (Å²) in [6.07, 6.45) is 3.48. The topological polar surface area (TPSA) is 36.4 Å². The third-order valence-corrected chi connectivity index (χ3v) is 1.89. The van der Waals surface area contributed by atoms with Crippen molar-refractivity contribution >= 4 is 0 Å². The molecule has 66 valence electrons. The Labute approximate surface area is 72.7 Å². The molecule has 0 spiro atoms. The quantitative estimate of drug-likeness (QED) is 0.717. The first-order valence-corrected chi connectivity index (χ1v) is 3.93. The van der Waals surface area contributed by atoms with E-state index in [4.69, 9.17) is 5.11 Å². The van der Waals surface area contributed by atoms with Gasteiger partial charge in [-0.25, -0.2) is 0 Å². The lowest BCUT2D eigenvalue weighted by Gasteiger charge is -2.21. The molecule has 0 aromatic carbocycles. The molecule has 0 aliphatic carbocycles. The summed E-state index contributed by atoms with van der Waals surface area (Å²) in [6.45, 7) is 0.136. The van der Waals surface area contributed by atoms with Gasteiger partial charge in [0, 0.05) is 12.4 Å². The van der Waals surface area contributed by atoms with E-state index >= 15 is 0 Å². The molecule has 0 amide bonds. The van der Waals surface area contributed by atoms with E-state index in [2.05, 4.69) is 4.98 Å². The van der Waals surface area contributed by atoms with Gasteiger partial charge < -0.3 is 10.0 Å². The molecule has 1 N–H and O–H groups in total. The van der Waals surface area contributed by atoms with Crippen LogP contribution in [0.2, 0.25) is 0 Å². The van der Waals surface area contributed by atoms with Crippen molar-refractivity contribution in [3.63, 3.8) is 0 Å². The van der Waals surface area contributed by atoms with Crippen molar-refractivity contribution in [2.45, 2.75) is 6.04 Å². The van der Waals surface area contributed by atoms with Gasteiger partial charge in [-0.05, 0) is 31.8 Å². The zero-order valence-corrected chi connectivity index (χ0v) is 7.44. The molecule has 1 rings (SSSR count).